The number of nitrogens with zero attached hydrogens (tertiary/aromatic N) is 1. The van der Waals surface area contributed by atoms with Crippen molar-refractivity contribution >= 4 is 33.7 Å². The Labute approximate surface area is 183 Å². The van der Waals surface area contributed by atoms with Crippen LogP contribution >= 0.6 is 0 Å². The minimum absolute atomic E-state index is 0.0456. The van der Waals surface area contributed by atoms with Gasteiger partial charge in [-0.25, -0.2) is 0 Å². The summed E-state index contributed by atoms with van der Waals surface area (Å²) in [5, 5.41) is 25.8. The number of phenols is 1. The van der Waals surface area contributed by atoms with E-state index in [0.717, 1.165) is 16.6 Å². The summed E-state index contributed by atoms with van der Waals surface area (Å²) >= 11 is 0. The van der Waals surface area contributed by atoms with Crippen LogP contribution in [0.5, 0.6) is 28.7 Å². The highest BCUT2D eigenvalue weighted by Crippen LogP contribution is 2.39. The van der Waals surface area contributed by atoms with E-state index in [-0.39, 0.29) is 22.9 Å². The molecular weight excluding hydrogens is 408 g/mol. The van der Waals surface area contributed by atoms with Crippen LogP contribution in [-0.4, -0.2) is 16.6 Å². The Morgan fingerprint density at radius 2 is 1.72 bits per heavy atom. The molecule has 0 spiro atoms. The van der Waals surface area contributed by atoms with Crippen LogP contribution in [0.2, 0.25) is 0 Å². The molecule has 0 unspecified atom stereocenters. The maximum Gasteiger partial charge on any atom is 0.142 e. The number of rotatable bonds is 4. The molecule has 0 amide bonds. The lowest BCUT2D eigenvalue weighted by molar-refractivity contribution is -0.267. The summed E-state index contributed by atoms with van der Waals surface area (Å²) < 4.78 is 12.0. The van der Waals surface area contributed by atoms with Crippen molar-refractivity contribution in [3.8, 4) is 28.7 Å². The number of aromatic nitrogens is 1. The fourth-order valence-electron chi connectivity index (χ4n) is 3.54. The summed E-state index contributed by atoms with van der Waals surface area (Å²) in [6, 6.07) is 14.8. The third-order valence-electron chi connectivity index (χ3n) is 5.15. The van der Waals surface area contributed by atoms with Gasteiger partial charge in [-0.15, -0.1) is 0 Å². The molecule has 0 fully saturated rings. The molecule has 0 bridgehead atoms. The van der Waals surface area contributed by atoms with E-state index in [1.54, 1.807) is 30.5 Å². The highest BCUT2D eigenvalue weighted by atomic mass is 16.5. The maximum absolute atomic E-state index is 11.8. The molecule has 5 rings (SSSR count). The monoisotopic (exact) mass is 427 g/mol. The first-order chi connectivity index (χ1) is 15.5. The van der Waals surface area contributed by atoms with Crippen molar-refractivity contribution in [2.24, 2.45) is 0 Å². The first-order valence-electron chi connectivity index (χ1n) is 9.86. The second kappa shape index (κ2) is 7.59. The number of fused-ring (bicyclic) bond motifs is 3. The van der Waals surface area contributed by atoms with Crippen LogP contribution in [0.15, 0.2) is 66.9 Å². The second-order valence-corrected chi connectivity index (χ2v) is 7.27. The predicted molar refractivity (Wildman–Crippen MR) is 122 cm³/mol. The number of ether oxygens (including phenoxy) is 2. The molecule has 1 aliphatic rings. The topological polar surface area (TPSA) is 139 Å². The van der Waals surface area contributed by atoms with Gasteiger partial charge >= 0.3 is 0 Å². The fraction of sp³-hybridized carbons (Fsp3) is 0.0417. The zero-order valence-corrected chi connectivity index (χ0v) is 16.8. The van der Waals surface area contributed by atoms with Gasteiger partial charge < -0.3 is 36.5 Å². The van der Waals surface area contributed by atoms with Crippen LogP contribution in [0, 0.1) is 0 Å². The van der Waals surface area contributed by atoms with Crippen molar-refractivity contribution in [2.45, 2.75) is 0 Å². The minimum atomic E-state index is -0.284. The first-order valence-corrected chi connectivity index (χ1v) is 9.86. The van der Waals surface area contributed by atoms with Gasteiger partial charge in [0.2, 0.25) is 0 Å². The van der Waals surface area contributed by atoms with Gasteiger partial charge in [0.15, 0.2) is 0 Å². The van der Waals surface area contributed by atoms with E-state index < -0.39 is 0 Å². The number of aromatic hydroxyl groups is 1. The van der Waals surface area contributed by atoms with Gasteiger partial charge in [0, 0.05) is 35.4 Å². The van der Waals surface area contributed by atoms with Crippen LogP contribution in [-0.2, 0) is 0 Å². The molecule has 4 aromatic rings. The molecule has 0 aliphatic carbocycles. The lowest BCUT2D eigenvalue weighted by atomic mass is 10.0. The number of nitrogen functional groups attached to an aromatic ring is 2. The Kier molecular flexibility index (Phi) is 4.59. The lowest BCUT2D eigenvalue weighted by Crippen LogP contribution is -2.12. The van der Waals surface area contributed by atoms with Crippen molar-refractivity contribution in [1.82, 2.24) is 4.98 Å². The van der Waals surface area contributed by atoms with Gasteiger partial charge in [-0.2, -0.15) is 0 Å². The van der Waals surface area contributed by atoms with Crippen LogP contribution in [0.4, 0.5) is 17.1 Å². The Morgan fingerprint density at radius 1 is 0.938 bits per heavy atom. The molecule has 2 heterocycles. The van der Waals surface area contributed by atoms with Crippen molar-refractivity contribution in [3.63, 3.8) is 0 Å². The smallest absolute Gasteiger partial charge is 0.142 e. The molecule has 160 valence electrons. The van der Waals surface area contributed by atoms with Crippen LogP contribution < -0.4 is 31.4 Å². The SMILES string of the molecule is Nc1ccc(OC2=CCNc3c2ccc2c(Oc4ccc(N)c(O)c4)ccnc32)cc1[O-]. The van der Waals surface area contributed by atoms with E-state index in [4.69, 9.17) is 20.9 Å². The molecule has 8 nitrogen and oxygen atoms in total. The van der Waals surface area contributed by atoms with E-state index in [1.807, 2.05) is 18.2 Å². The molecule has 0 radical (unpaired) electrons. The Bertz CT molecular complexity index is 1380. The van der Waals surface area contributed by atoms with Crippen LogP contribution in [0.3, 0.4) is 0 Å². The van der Waals surface area contributed by atoms with Crippen molar-refractivity contribution in [2.75, 3.05) is 23.3 Å². The van der Waals surface area contributed by atoms with Crippen molar-refractivity contribution in [1.29, 1.82) is 0 Å². The molecule has 0 saturated carbocycles. The summed E-state index contributed by atoms with van der Waals surface area (Å²) in [4.78, 5) is 4.53. The highest BCUT2D eigenvalue weighted by molar-refractivity contribution is 6.00. The number of anilines is 3. The number of hydrogen-bond donors (Lipinski definition) is 4. The molecular formula is C24H19N4O4-. The zero-order valence-electron chi connectivity index (χ0n) is 16.8. The lowest BCUT2D eigenvalue weighted by Gasteiger charge is -2.22. The number of nitrogens with two attached hydrogens (primary N) is 2. The number of phenolic OH excluding ortho intramolecular Hbond substituents is 1. The third-order valence-corrected chi connectivity index (χ3v) is 5.15. The number of pyridine rings is 1. The highest BCUT2D eigenvalue weighted by Gasteiger charge is 2.19. The summed E-state index contributed by atoms with van der Waals surface area (Å²) in [5.74, 6) is 1.73. The summed E-state index contributed by atoms with van der Waals surface area (Å²) in [5.41, 5.74) is 14.0. The van der Waals surface area contributed by atoms with Gasteiger partial charge in [-0.05, 0) is 54.6 Å². The van der Waals surface area contributed by atoms with E-state index in [2.05, 4.69) is 10.3 Å². The number of hydrogen-bond acceptors (Lipinski definition) is 8. The van der Waals surface area contributed by atoms with Crippen LogP contribution in [0.1, 0.15) is 5.56 Å². The molecule has 8 heteroatoms. The fourth-order valence-corrected chi connectivity index (χ4v) is 3.54. The molecule has 0 saturated heterocycles. The van der Waals surface area contributed by atoms with E-state index in [0.29, 0.717) is 35.1 Å². The predicted octanol–water partition coefficient (Wildman–Crippen LogP) is 3.82. The Morgan fingerprint density at radius 3 is 2.50 bits per heavy atom. The molecule has 1 aliphatic heterocycles. The normalized spacial score (nSPS) is 12.6. The van der Waals surface area contributed by atoms with Gasteiger partial charge in [0.25, 0.3) is 0 Å². The van der Waals surface area contributed by atoms with Gasteiger partial charge in [-0.1, -0.05) is 5.75 Å². The number of nitrogens with one attached hydrogen (secondary N) is 1. The van der Waals surface area contributed by atoms with Crippen molar-refractivity contribution in [3.05, 3.63) is 72.4 Å². The van der Waals surface area contributed by atoms with E-state index in [1.165, 1.54) is 18.2 Å². The Hall–Kier alpha value is -4.59. The average Bonchev–Trinajstić information content (AvgIpc) is 2.79. The Balaban J connectivity index is 1.51. The molecule has 0 atom stereocenters. The third kappa shape index (κ3) is 3.43. The summed E-state index contributed by atoms with van der Waals surface area (Å²) in [6.07, 6.45) is 3.55. The standard InChI is InChI=1S/C24H20N4O4/c25-17-5-1-13(11-19(17)29)31-21-7-9-27-23-15(21)3-4-16-22(8-10-28-24(16)23)32-14-2-6-18(26)20(30)12-14/h1-9,11-12,28-30H,10,25-26H2/p-1. The zero-order chi connectivity index (χ0) is 22.2. The first kappa shape index (κ1) is 19.4. The minimum Gasteiger partial charge on any atom is -0.871 e. The number of benzene rings is 3. The molecule has 6 N–H and O–H groups in total. The second-order valence-electron chi connectivity index (χ2n) is 7.27. The molecule has 3 aromatic carbocycles. The van der Waals surface area contributed by atoms with Crippen LogP contribution in [0.25, 0.3) is 16.7 Å². The quantitative estimate of drug-likeness (QED) is 0.285. The summed E-state index contributed by atoms with van der Waals surface area (Å²) in [6.45, 7) is 0.527. The van der Waals surface area contributed by atoms with Gasteiger partial charge in [0.05, 0.1) is 16.9 Å². The molecule has 1 aromatic heterocycles. The maximum atomic E-state index is 11.8. The average molecular weight is 427 g/mol. The van der Waals surface area contributed by atoms with Gasteiger partial charge in [0.1, 0.15) is 28.8 Å². The van der Waals surface area contributed by atoms with E-state index in [9.17, 15) is 10.2 Å². The van der Waals surface area contributed by atoms with Crippen molar-refractivity contribution < 1.29 is 19.7 Å². The van der Waals surface area contributed by atoms with E-state index >= 15 is 0 Å². The van der Waals surface area contributed by atoms with Gasteiger partial charge in [-0.3, -0.25) is 4.98 Å². The molecule has 32 heavy (non-hydrogen) atoms. The largest absolute Gasteiger partial charge is 0.871 e. The summed E-state index contributed by atoms with van der Waals surface area (Å²) in [7, 11) is 0.